The van der Waals surface area contributed by atoms with E-state index in [1.807, 2.05) is 27.7 Å². The minimum absolute atomic E-state index is 0.103. The maximum atomic E-state index is 11.5. The Hall–Kier alpha value is -1.10. The molecule has 0 aliphatic heterocycles. The van der Waals surface area contributed by atoms with Gasteiger partial charge in [0.15, 0.2) is 0 Å². The van der Waals surface area contributed by atoms with E-state index in [1.54, 1.807) is 0 Å². The second kappa shape index (κ2) is 8.06. The minimum atomic E-state index is -0.419. The number of amides is 1. The molecule has 100 valence electrons. The van der Waals surface area contributed by atoms with E-state index in [0.29, 0.717) is 12.3 Å². The van der Waals surface area contributed by atoms with Crippen LogP contribution >= 0.6 is 0 Å². The van der Waals surface area contributed by atoms with Gasteiger partial charge in [-0.3, -0.25) is 14.9 Å². The fourth-order valence-corrected chi connectivity index (χ4v) is 1.47. The molecule has 0 saturated carbocycles. The highest BCUT2D eigenvalue weighted by atomic mass is 16.5. The van der Waals surface area contributed by atoms with E-state index in [9.17, 15) is 9.59 Å². The molecule has 0 aliphatic carbocycles. The van der Waals surface area contributed by atoms with Crippen molar-refractivity contribution in [3.8, 4) is 0 Å². The van der Waals surface area contributed by atoms with Crippen LogP contribution in [0.2, 0.25) is 0 Å². The zero-order valence-corrected chi connectivity index (χ0v) is 11.4. The molecule has 5 heteroatoms. The van der Waals surface area contributed by atoms with Gasteiger partial charge < -0.3 is 10.1 Å². The van der Waals surface area contributed by atoms with Gasteiger partial charge in [-0.1, -0.05) is 13.8 Å². The van der Waals surface area contributed by atoms with E-state index >= 15 is 0 Å². The highest BCUT2D eigenvalue weighted by molar-refractivity contribution is 5.80. The van der Waals surface area contributed by atoms with Crippen LogP contribution < -0.4 is 10.6 Å². The third-order valence-corrected chi connectivity index (χ3v) is 2.15. The zero-order chi connectivity index (χ0) is 13.4. The second-order valence-electron chi connectivity index (χ2n) is 4.81. The number of carbonyl (C=O) groups excluding carboxylic acids is 2. The molecule has 0 fully saturated rings. The summed E-state index contributed by atoms with van der Waals surface area (Å²) in [6.45, 7) is 7.95. The van der Waals surface area contributed by atoms with Gasteiger partial charge >= 0.3 is 5.97 Å². The summed E-state index contributed by atoms with van der Waals surface area (Å²) >= 11 is 0. The zero-order valence-electron chi connectivity index (χ0n) is 11.4. The Morgan fingerprint density at radius 2 is 1.76 bits per heavy atom. The van der Waals surface area contributed by atoms with Crippen molar-refractivity contribution >= 4 is 11.9 Å². The van der Waals surface area contributed by atoms with E-state index in [2.05, 4.69) is 10.6 Å². The molecule has 1 unspecified atom stereocenters. The molecule has 0 spiro atoms. The molecule has 0 radical (unpaired) electrons. The van der Waals surface area contributed by atoms with Gasteiger partial charge in [-0.15, -0.1) is 0 Å². The maximum Gasteiger partial charge on any atom is 0.322 e. The Labute approximate surface area is 103 Å². The van der Waals surface area contributed by atoms with E-state index in [4.69, 9.17) is 4.74 Å². The van der Waals surface area contributed by atoms with Gasteiger partial charge in [0.2, 0.25) is 5.91 Å². The molecular formula is C12H24N2O3. The van der Waals surface area contributed by atoms with Gasteiger partial charge in [0, 0.05) is 6.04 Å². The monoisotopic (exact) mass is 244 g/mol. The summed E-state index contributed by atoms with van der Waals surface area (Å²) in [6.07, 6.45) is 0.654. The predicted molar refractivity (Wildman–Crippen MR) is 66.5 cm³/mol. The number of hydrogen-bond acceptors (Lipinski definition) is 4. The summed E-state index contributed by atoms with van der Waals surface area (Å²) in [5.74, 6) is -0.0755. The Bertz CT molecular complexity index is 252. The number of methoxy groups -OCH3 is 1. The van der Waals surface area contributed by atoms with E-state index < -0.39 is 6.04 Å². The van der Waals surface area contributed by atoms with Gasteiger partial charge in [0.05, 0.1) is 13.7 Å². The Morgan fingerprint density at radius 1 is 1.18 bits per heavy atom. The number of hydrogen-bond donors (Lipinski definition) is 2. The van der Waals surface area contributed by atoms with Gasteiger partial charge in [-0.05, 0) is 26.2 Å². The minimum Gasteiger partial charge on any atom is -0.468 e. The van der Waals surface area contributed by atoms with Crippen molar-refractivity contribution < 1.29 is 14.3 Å². The van der Waals surface area contributed by atoms with Crippen LogP contribution in [-0.4, -0.2) is 37.6 Å². The molecule has 17 heavy (non-hydrogen) atoms. The number of esters is 1. The van der Waals surface area contributed by atoms with Gasteiger partial charge in [0.25, 0.3) is 0 Å². The summed E-state index contributed by atoms with van der Waals surface area (Å²) in [4.78, 5) is 22.9. The van der Waals surface area contributed by atoms with E-state index in [-0.39, 0.29) is 24.5 Å². The number of carbonyl (C=O) groups is 2. The highest BCUT2D eigenvalue weighted by Gasteiger charge is 2.20. The van der Waals surface area contributed by atoms with Gasteiger partial charge in [-0.2, -0.15) is 0 Å². The average Bonchev–Trinajstić information content (AvgIpc) is 2.21. The van der Waals surface area contributed by atoms with E-state index in [1.165, 1.54) is 7.11 Å². The first-order valence-corrected chi connectivity index (χ1v) is 5.97. The first kappa shape index (κ1) is 15.9. The lowest BCUT2D eigenvalue weighted by atomic mass is 10.0. The number of ether oxygens (including phenoxy) is 1. The summed E-state index contributed by atoms with van der Waals surface area (Å²) < 4.78 is 4.69. The van der Waals surface area contributed by atoms with Crippen molar-refractivity contribution in [2.75, 3.05) is 13.7 Å². The highest BCUT2D eigenvalue weighted by Crippen LogP contribution is 2.05. The maximum absolute atomic E-state index is 11.5. The van der Waals surface area contributed by atoms with Crippen molar-refractivity contribution in [3.63, 3.8) is 0 Å². The molecular weight excluding hydrogens is 220 g/mol. The fourth-order valence-electron chi connectivity index (χ4n) is 1.47. The van der Waals surface area contributed by atoms with Crippen molar-refractivity contribution in [1.82, 2.24) is 10.6 Å². The SMILES string of the molecule is COC(=O)C(CC(C)C)NCC(=O)NC(C)C. The van der Waals surface area contributed by atoms with Crippen LogP contribution in [0.1, 0.15) is 34.1 Å². The largest absolute Gasteiger partial charge is 0.468 e. The lowest BCUT2D eigenvalue weighted by molar-refractivity contribution is -0.143. The third-order valence-electron chi connectivity index (χ3n) is 2.15. The molecule has 0 rings (SSSR count). The molecule has 0 aromatic rings. The molecule has 0 heterocycles. The van der Waals surface area contributed by atoms with Crippen LogP contribution in [0.3, 0.4) is 0 Å². The normalized spacial score (nSPS) is 12.6. The lowest BCUT2D eigenvalue weighted by Crippen LogP contribution is -2.45. The summed E-state index contributed by atoms with van der Waals surface area (Å²) in [5, 5.41) is 5.68. The summed E-state index contributed by atoms with van der Waals surface area (Å²) in [7, 11) is 1.35. The smallest absolute Gasteiger partial charge is 0.322 e. The van der Waals surface area contributed by atoms with Crippen molar-refractivity contribution in [1.29, 1.82) is 0 Å². The molecule has 0 aromatic carbocycles. The molecule has 5 nitrogen and oxygen atoms in total. The standard InChI is InChI=1S/C12H24N2O3/c1-8(2)6-10(12(16)17-5)13-7-11(15)14-9(3)4/h8-10,13H,6-7H2,1-5H3,(H,14,15). The molecule has 0 aliphatic rings. The quantitative estimate of drug-likeness (QED) is 0.647. The Morgan fingerprint density at radius 3 is 2.18 bits per heavy atom. The van der Waals surface area contributed by atoms with Crippen LogP contribution in [-0.2, 0) is 14.3 Å². The fraction of sp³-hybridized carbons (Fsp3) is 0.833. The molecule has 2 N–H and O–H groups in total. The Kier molecular flexibility index (Phi) is 7.54. The van der Waals surface area contributed by atoms with Crippen LogP contribution in [0.15, 0.2) is 0 Å². The van der Waals surface area contributed by atoms with Gasteiger partial charge in [-0.25, -0.2) is 0 Å². The van der Waals surface area contributed by atoms with Crippen LogP contribution in [0.4, 0.5) is 0 Å². The summed E-state index contributed by atoms with van der Waals surface area (Å²) in [6, 6.07) is -0.316. The van der Waals surface area contributed by atoms with E-state index in [0.717, 1.165) is 0 Å². The van der Waals surface area contributed by atoms with Crippen LogP contribution in [0.25, 0.3) is 0 Å². The van der Waals surface area contributed by atoms with Crippen LogP contribution in [0.5, 0.6) is 0 Å². The average molecular weight is 244 g/mol. The first-order chi connectivity index (χ1) is 7.86. The topological polar surface area (TPSA) is 67.4 Å². The predicted octanol–water partition coefficient (Wildman–Crippen LogP) is 0.688. The van der Waals surface area contributed by atoms with Gasteiger partial charge in [0.1, 0.15) is 6.04 Å². The third kappa shape index (κ3) is 7.74. The Balaban J connectivity index is 4.16. The van der Waals surface area contributed by atoms with Crippen molar-refractivity contribution in [3.05, 3.63) is 0 Å². The molecule has 0 bridgehead atoms. The first-order valence-electron chi connectivity index (χ1n) is 5.97. The van der Waals surface area contributed by atoms with Crippen molar-refractivity contribution in [2.24, 2.45) is 5.92 Å². The number of nitrogens with one attached hydrogen (secondary N) is 2. The summed E-state index contributed by atoms with van der Waals surface area (Å²) in [5.41, 5.74) is 0. The van der Waals surface area contributed by atoms with Crippen LogP contribution in [0, 0.1) is 5.92 Å². The lowest BCUT2D eigenvalue weighted by Gasteiger charge is -2.18. The molecule has 1 amide bonds. The molecule has 1 atom stereocenters. The van der Waals surface area contributed by atoms with Crippen molar-refractivity contribution in [2.45, 2.75) is 46.2 Å². The second-order valence-corrected chi connectivity index (χ2v) is 4.81. The molecule has 0 aromatic heterocycles. The number of rotatable bonds is 7. The molecule has 0 saturated heterocycles.